The molecule has 1 amide bonds. The maximum atomic E-state index is 13.2. The number of aryl methyl sites for hydroxylation is 1. The van der Waals surface area contributed by atoms with Crippen molar-refractivity contribution in [3.8, 4) is 0 Å². The van der Waals surface area contributed by atoms with Crippen molar-refractivity contribution in [2.45, 2.75) is 65.9 Å². The van der Waals surface area contributed by atoms with E-state index in [0.29, 0.717) is 23.4 Å². The molecule has 31 heavy (non-hydrogen) atoms. The molecule has 0 unspecified atom stereocenters. The number of rotatable bonds is 4. The van der Waals surface area contributed by atoms with Gasteiger partial charge in [0.15, 0.2) is 0 Å². The summed E-state index contributed by atoms with van der Waals surface area (Å²) in [5, 5.41) is 0. The summed E-state index contributed by atoms with van der Waals surface area (Å²) in [4.78, 5) is 26.5. The van der Waals surface area contributed by atoms with Crippen molar-refractivity contribution in [3.63, 3.8) is 0 Å². The normalized spacial score (nSPS) is 19.0. The minimum absolute atomic E-state index is 0.0318. The quantitative estimate of drug-likeness (QED) is 0.559. The standard InChI is InChI=1S/C24H28BNO5/c1-15-10-11-18-17(12-15)13-26(22(18)28)21-9-7-8-20(19(21)14-29-16(2)27)25-30-23(3,4)24(5,6)31-25/h7-12H,13-14H2,1-6H3. The Bertz CT molecular complexity index is 1050. The number of hydrogen-bond donors (Lipinski definition) is 0. The van der Waals surface area contributed by atoms with Gasteiger partial charge in [0.2, 0.25) is 0 Å². The number of carbonyl (C=O) groups excluding carboxylic acids is 2. The van der Waals surface area contributed by atoms with E-state index in [1.807, 2.05) is 71.0 Å². The molecule has 1 fully saturated rings. The minimum atomic E-state index is -0.627. The van der Waals surface area contributed by atoms with E-state index >= 15 is 0 Å². The first-order chi connectivity index (χ1) is 14.5. The van der Waals surface area contributed by atoms with E-state index in [4.69, 9.17) is 14.0 Å². The number of esters is 1. The van der Waals surface area contributed by atoms with Gasteiger partial charge in [0, 0.05) is 18.1 Å². The van der Waals surface area contributed by atoms with Crippen molar-refractivity contribution in [3.05, 3.63) is 58.7 Å². The van der Waals surface area contributed by atoms with E-state index in [0.717, 1.165) is 16.6 Å². The molecule has 0 aromatic heterocycles. The highest BCUT2D eigenvalue weighted by molar-refractivity contribution is 6.62. The summed E-state index contributed by atoms with van der Waals surface area (Å²) in [7, 11) is -0.627. The second-order valence-corrected chi connectivity index (χ2v) is 9.27. The molecule has 2 aromatic carbocycles. The highest BCUT2D eigenvalue weighted by Crippen LogP contribution is 2.38. The zero-order valence-electron chi connectivity index (χ0n) is 18.9. The topological polar surface area (TPSA) is 65.1 Å². The van der Waals surface area contributed by atoms with E-state index in [-0.39, 0.29) is 18.5 Å². The zero-order chi connectivity index (χ0) is 22.6. The fraction of sp³-hybridized carbons (Fsp3) is 0.417. The van der Waals surface area contributed by atoms with E-state index in [1.54, 1.807) is 4.90 Å². The van der Waals surface area contributed by atoms with Gasteiger partial charge in [-0.25, -0.2) is 0 Å². The molecule has 6 nitrogen and oxygen atoms in total. The van der Waals surface area contributed by atoms with Gasteiger partial charge in [0.05, 0.1) is 23.4 Å². The van der Waals surface area contributed by atoms with Gasteiger partial charge < -0.3 is 18.9 Å². The molecule has 1 saturated heterocycles. The second-order valence-electron chi connectivity index (χ2n) is 9.27. The van der Waals surface area contributed by atoms with Crippen LogP contribution in [0.5, 0.6) is 0 Å². The summed E-state index contributed by atoms with van der Waals surface area (Å²) in [6, 6.07) is 11.5. The van der Waals surface area contributed by atoms with Crippen LogP contribution in [-0.4, -0.2) is 30.2 Å². The molecule has 0 bridgehead atoms. The van der Waals surface area contributed by atoms with Gasteiger partial charge >= 0.3 is 13.1 Å². The molecule has 0 radical (unpaired) electrons. The van der Waals surface area contributed by atoms with Gasteiger partial charge in [-0.2, -0.15) is 0 Å². The largest absolute Gasteiger partial charge is 0.495 e. The van der Waals surface area contributed by atoms with Gasteiger partial charge in [-0.15, -0.1) is 0 Å². The molecule has 7 heteroatoms. The van der Waals surface area contributed by atoms with Crippen molar-refractivity contribution in [2.75, 3.05) is 4.90 Å². The lowest BCUT2D eigenvalue weighted by molar-refractivity contribution is -0.142. The molecule has 2 aliphatic rings. The number of nitrogens with zero attached hydrogens (tertiary/aromatic N) is 1. The van der Waals surface area contributed by atoms with Crippen LogP contribution in [0.25, 0.3) is 0 Å². The Morgan fingerprint density at radius 1 is 1.13 bits per heavy atom. The second kappa shape index (κ2) is 7.50. The summed E-state index contributed by atoms with van der Waals surface area (Å²) in [5.74, 6) is -0.452. The van der Waals surface area contributed by atoms with Crippen LogP contribution in [0.15, 0.2) is 36.4 Å². The lowest BCUT2D eigenvalue weighted by atomic mass is 9.75. The van der Waals surface area contributed by atoms with Crippen LogP contribution in [0.3, 0.4) is 0 Å². The SMILES string of the molecule is CC(=O)OCc1c(B2OC(C)(C)C(C)(C)O2)cccc1N1Cc2cc(C)ccc2C1=O. The van der Waals surface area contributed by atoms with Crippen LogP contribution in [0.4, 0.5) is 5.69 Å². The van der Waals surface area contributed by atoms with E-state index in [1.165, 1.54) is 6.92 Å². The van der Waals surface area contributed by atoms with E-state index < -0.39 is 18.3 Å². The van der Waals surface area contributed by atoms with Gasteiger partial charge in [-0.05, 0) is 57.8 Å². The lowest BCUT2D eigenvalue weighted by Crippen LogP contribution is -2.41. The third-order valence-electron chi connectivity index (χ3n) is 6.47. The molecule has 2 aromatic rings. The highest BCUT2D eigenvalue weighted by Gasteiger charge is 2.52. The van der Waals surface area contributed by atoms with Crippen LogP contribution in [-0.2, 0) is 32.0 Å². The van der Waals surface area contributed by atoms with Gasteiger partial charge in [-0.3, -0.25) is 9.59 Å². The third-order valence-corrected chi connectivity index (χ3v) is 6.47. The van der Waals surface area contributed by atoms with Crippen LogP contribution in [0, 0.1) is 6.92 Å². The fourth-order valence-corrected chi connectivity index (χ4v) is 4.01. The van der Waals surface area contributed by atoms with Crippen molar-refractivity contribution in [1.82, 2.24) is 0 Å². The Labute approximate surface area is 183 Å². The smallest absolute Gasteiger partial charge is 0.461 e. The molecule has 0 saturated carbocycles. The Balaban J connectivity index is 1.76. The minimum Gasteiger partial charge on any atom is -0.461 e. The Morgan fingerprint density at radius 2 is 1.81 bits per heavy atom. The van der Waals surface area contributed by atoms with Crippen LogP contribution in [0.2, 0.25) is 0 Å². The van der Waals surface area contributed by atoms with E-state index in [2.05, 4.69) is 0 Å². The Morgan fingerprint density at radius 3 is 2.45 bits per heavy atom. The molecule has 2 heterocycles. The Hall–Kier alpha value is -2.64. The predicted molar refractivity (Wildman–Crippen MR) is 119 cm³/mol. The van der Waals surface area contributed by atoms with Crippen LogP contribution in [0.1, 0.15) is 61.7 Å². The van der Waals surface area contributed by atoms with Gasteiger partial charge in [0.1, 0.15) is 6.61 Å². The summed E-state index contributed by atoms with van der Waals surface area (Å²) in [6.07, 6.45) is 0. The number of hydrogen-bond acceptors (Lipinski definition) is 5. The average Bonchev–Trinajstić information content (AvgIpc) is 3.11. The van der Waals surface area contributed by atoms with Crippen molar-refractivity contribution >= 4 is 30.1 Å². The third kappa shape index (κ3) is 3.77. The number of carbonyl (C=O) groups is 2. The lowest BCUT2D eigenvalue weighted by Gasteiger charge is -2.32. The summed E-state index contributed by atoms with van der Waals surface area (Å²) < 4.78 is 17.9. The number of fused-ring (bicyclic) bond motifs is 1. The Kier molecular flexibility index (Phi) is 5.22. The molecule has 2 aliphatic heterocycles. The van der Waals surface area contributed by atoms with Gasteiger partial charge in [0.25, 0.3) is 5.91 Å². The molecule has 4 rings (SSSR count). The number of anilines is 1. The fourth-order valence-electron chi connectivity index (χ4n) is 4.01. The molecular formula is C24H28BNO5. The molecule has 0 spiro atoms. The zero-order valence-corrected chi connectivity index (χ0v) is 18.9. The summed E-state index contributed by atoms with van der Waals surface area (Å²) in [6.45, 7) is 11.9. The van der Waals surface area contributed by atoms with Crippen LogP contribution < -0.4 is 10.4 Å². The molecule has 0 aliphatic carbocycles. The first-order valence-electron chi connectivity index (χ1n) is 10.5. The van der Waals surface area contributed by atoms with Crippen molar-refractivity contribution < 1.29 is 23.6 Å². The van der Waals surface area contributed by atoms with Gasteiger partial charge in [-0.1, -0.05) is 29.8 Å². The van der Waals surface area contributed by atoms with E-state index in [9.17, 15) is 9.59 Å². The number of benzene rings is 2. The number of amides is 1. The number of ether oxygens (including phenoxy) is 1. The molecule has 0 atom stereocenters. The molecule has 0 N–H and O–H groups in total. The molecule has 162 valence electrons. The predicted octanol–water partition coefficient (Wildman–Crippen LogP) is 3.52. The average molecular weight is 421 g/mol. The first kappa shape index (κ1) is 21.6. The maximum Gasteiger partial charge on any atom is 0.495 e. The van der Waals surface area contributed by atoms with Crippen LogP contribution >= 0.6 is 0 Å². The monoisotopic (exact) mass is 421 g/mol. The first-order valence-corrected chi connectivity index (χ1v) is 10.5. The maximum absolute atomic E-state index is 13.2. The summed E-state index contributed by atoms with van der Waals surface area (Å²) >= 11 is 0. The highest BCUT2D eigenvalue weighted by atomic mass is 16.7. The van der Waals surface area contributed by atoms with Crippen molar-refractivity contribution in [1.29, 1.82) is 0 Å². The van der Waals surface area contributed by atoms with Crippen molar-refractivity contribution in [2.24, 2.45) is 0 Å². The molecular weight excluding hydrogens is 393 g/mol. The summed E-state index contributed by atoms with van der Waals surface area (Å²) in [5.41, 5.74) is 3.96.